The lowest BCUT2D eigenvalue weighted by Gasteiger charge is -2.16. The Hall–Kier alpha value is -4.44. The highest BCUT2D eigenvalue weighted by atomic mass is 28.3. The molecule has 8 nitrogen and oxygen atoms in total. The smallest absolute Gasteiger partial charge is 0.259 e. The summed E-state index contributed by atoms with van der Waals surface area (Å²) in [5, 5.41) is 4.38. The third kappa shape index (κ3) is 5.73. The molecule has 0 radical (unpaired) electrons. The number of rotatable bonds is 11. The normalized spacial score (nSPS) is 13.8. The van der Waals surface area contributed by atoms with E-state index in [2.05, 4.69) is 29.5 Å². The van der Waals surface area contributed by atoms with Crippen molar-refractivity contribution in [2.24, 2.45) is 12.8 Å². The van der Waals surface area contributed by atoms with Crippen LogP contribution in [0.3, 0.4) is 0 Å². The summed E-state index contributed by atoms with van der Waals surface area (Å²) in [6.07, 6.45) is 3.90. The van der Waals surface area contributed by atoms with E-state index in [-0.39, 0.29) is 12.7 Å². The van der Waals surface area contributed by atoms with Gasteiger partial charge in [-0.2, -0.15) is 0 Å². The van der Waals surface area contributed by atoms with Crippen LogP contribution in [0.15, 0.2) is 79.1 Å². The maximum Gasteiger partial charge on any atom is 0.259 e. The van der Waals surface area contributed by atoms with Gasteiger partial charge in [0.05, 0.1) is 11.1 Å². The summed E-state index contributed by atoms with van der Waals surface area (Å²) >= 11 is 0. The fourth-order valence-corrected chi connectivity index (χ4v) is 6.58. The number of hydrogen-bond acceptors (Lipinski definition) is 5. The Morgan fingerprint density at radius 1 is 0.841 bits per heavy atom. The maximum atomic E-state index is 13.4. The first kappa shape index (κ1) is 29.6. The first-order valence-electron chi connectivity index (χ1n) is 14.9. The van der Waals surface area contributed by atoms with Crippen LogP contribution in [0.2, 0.25) is 25.7 Å². The zero-order valence-electron chi connectivity index (χ0n) is 25.6. The highest BCUT2D eigenvalue weighted by Gasteiger charge is 2.35. The molecule has 0 saturated carbocycles. The lowest BCUT2D eigenvalue weighted by molar-refractivity contribution is -0.122. The molecule has 0 atom stereocenters. The van der Waals surface area contributed by atoms with Crippen LogP contribution in [0.1, 0.15) is 22.3 Å². The first-order valence-corrected chi connectivity index (χ1v) is 18.6. The zero-order valence-corrected chi connectivity index (χ0v) is 26.6. The van der Waals surface area contributed by atoms with Crippen molar-refractivity contribution in [3.63, 3.8) is 0 Å². The van der Waals surface area contributed by atoms with Gasteiger partial charge < -0.3 is 24.3 Å². The van der Waals surface area contributed by atoms with E-state index < -0.39 is 14.0 Å². The van der Waals surface area contributed by atoms with Crippen LogP contribution >= 0.6 is 0 Å². The number of carbonyl (C=O) groups excluding carboxylic acids is 2. The number of amides is 2. The third-order valence-electron chi connectivity index (χ3n) is 8.15. The van der Waals surface area contributed by atoms with E-state index in [0.717, 1.165) is 50.1 Å². The van der Waals surface area contributed by atoms with E-state index in [0.29, 0.717) is 36.6 Å². The van der Waals surface area contributed by atoms with Crippen LogP contribution in [0.4, 0.5) is 0 Å². The Bertz CT molecular complexity index is 1930. The second-order valence-electron chi connectivity index (χ2n) is 12.5. The van der Waals surface area contributed by atoms with E-state index in [1.54, 1.807) is 0 Å². The molecule has 0 bridgehead atoms. The number of benzene rings is 3. The molecule has 0 unspecified atom stereocenters. The van der Waals surface area contributed by atoms with E-state index in [9.17, 15) is 9.59 Å². The van der Waals surface area contributed by atoms with Crippen LogP contribution in [-0.2, 0) is 34.5 Å². The van der Waals surface area contributed by atoms with Crippen molar-refractivity contribution in [2.75, 3.05) is 13.4 Å². The molecule has 6 rings (SSSR count). The molecule has 44 heavy (non-hydrogen) atoms. The van der Waals surface area contributed by atoms with Crippen molar-refractivity contribution < 1.29 is 19.1 Å². The Labute approximate surface area is 258 Å². The summed E-state index contributed by atoms with van der Waals surface area (Å²) in [5.74, 6) is -0.0706. The average molecular weight is 607 g/mol. The second kappa shape index (κ2) is 11.9. The molecule has 5 aromatic rings. The molecule has 1 aliphatic rings. The molecule has 0 saturated heterocycles. The molecule has 9 heteroatoms. The van der Waals surface area contributed by atoms with Gasteiger partial charge in [0.1, 0.15) is 5.75 Å². The van der Waals surface area contributed by atoms with E-state index in [4.69, 9.17) is 15.2 Å². The Kier molecular flexibility index (Phi) is 8.02. The number of nitrogens with two attached hydrogens (primary N) is 1. The Morgan fingerprint density at radius 3 is 2.16 bits per heavy atom. The number of nitrogens with one attached hydrogen (secondary N) is 1. The summed E-state index contributed by atoms with van der Waals surface area (Å²) in [4.78, 5) is 26.7. The van der Waals surface area contributed by atoms with Gasteiger partial charge in [0.2, 0.25) is 0 Å². The van der Waals surface area contributed by atoms with Gasteiger partial charge in [-0.3, -0.25) is 14.9 Å². The summed E-state index contributed by atoms with van der Waals surface area (Å²) in [5.41, 5.74) is 12.1. The number of aryl methyl sites for hydroxylation is 1. The topological polar surface area (TPSA) is 101 Å². The quantitative estimate of drug-likeness (QED) is 0.0844. The van der Waals surface area contributed by atoms with Gasteiger partial charge in [-0.1, -0.05) is 68.2 Å². The van der Waals surface area contributed by atoms with Gasteiger partial charge in [0.25, 0.3) is 11.8 Å². The predicted octanol–water partition coefficient (Wildman–Crippen LogP) is 5.90. The van der Waals surface area contributed by atoms with Crippen molar-refractivity contribution >= 4 is 52.8 Å². The molecule has 0 aliphatic carbocycles. The van der Waals surface area contributed by atoms with E-state index >= 15 is 0 Å². The molecule has 2 amide bonds. The monoisotopic (exact) mass is 606 g/mol. The Morgan fingerprint density at radius 2 is 1.48 bits per heavy atom. The lowest BCUT2D eigenvalue weighted by atomic mass is 9.95. The highest BCUT2D eigenvalue weighted by Crippen LogP contribution is 2.39. The van der Waals surface area contributed by atoms with Gasteiger partial charge in [0, 0.05) is 85.7 Å². The molecule has 3 aromatic carbocycles. The van der Waals surface area contributed by atoms with Crippen molar-refractivity contribution in [1.82, 2.24) is 14.5 Å². The number of hydrogen-bond donors (Lipinski definition) is 2. The minimum atomic E-state index is -1.18. The fourth-order valence-electron chi connectivity index (χ4n) is 5.83. The van der Waals surface area contributed by atoms with Crippen LogP contribution in [0.5, 0.6) is 5.75 Å². The van der Waals surface area contributed by atoms with Crippen molar-refractivity contribution in [3.8, 4) is 5.75 Å². The maximum absolute atomic E-state index is 13.4. The van der Waals surface area contributed by atoms with Gasteiger partial charge in [-0.15, -0.1) is 0 Å². The molecule has 2 aromatic heterocycles. The number of fused-ring (bicyclic) bond motifs is 2. The molecular formula is C35H38N4O4Si. The molecule has 0 spiro atoms. The van der Waals surface area contributed by atoms with Crippen LogP contribution in [0, 0.1) is 0 Å². The summed E-state index contributed by atoms with van der Waals surface area (Å²) in [6, 6.07) is 23.0. The zero-order chi connectivity index (χ0) is 31.0. The number of carbonyl (C=O) groups is 2. The van der Waals surface area contributed by atoms with Gasteiger partial charge in [0.15, 0.2) is 6.79 Å². The van der Waals surface area contributed by atoms with E-state index in [1.807, 2.05) is 90.7 Å². The van der Waals surface area contributed by atoms with Crippen molar-refractivity contribution in [3.05, 3.63) is 101 Å². The Balaban J connectivity index is 1.36. The fraction of sp³-hybridized carbons (Fsp3) is 0.257. The molecule has 1 aliphatic heterocycles. The van der Waals surface area contributed by atoms with Gasteiger partial charge in [-0.05, 0) is 29.8 Å². The third-order valence-corrected chi connectivity index (χ3v) is 9.86. The summed E-state index contributed by atoms with van der Waals surface area (Å²) < 4.78 is 15.9. The number of imide groups is 1. The van der Waals surface area contributed by atoms with Crippen molar-refractivity contribution in [2.45, 2.75) is 38.8 Å². The summed E-state index contributed by atoms with van der Waals surface area (Å²) in [6.45, 7) is 8.70. The number of ether oxygens (including phenoxy) is 2. The molecule has 3 N–H and O–H groups in total. The molecule has 3 heterocycles. The highest BCUT2D eigenvalue weighted by molar-refractivity contribution is 6.76. The van der Waals surface area contributed by atoms with E-state index in [1.165, 1.54) is 0 Å². The van der Waals surface area contributed by atoms with Crippen LogP contribution in [0.25, 0.3) is 33.0 Å². The number of aromatic nitrogens is 2. The standard InChI is InChI=1S/C35H38N4O4Si/c1-38-20-27(25-9-5-7-11-29(25)38)32-33(35(41)37-34(32)40)28-21-39(30-12-8-6-10-26(28)30)19-23-13-14-24(18-36)31(17-23)43-22-42-15-16-44(2,3)4/h5-14,17,20-21H,15-16,18-19,22,36H2,1-4H3,(H,37,40,41). The SMILES string of the molecule is Cn1cc(C2=C(c3cn(Cc4ccc(CN)c(OCOCC[Si](C)(C)C)c4)c4ccccc34)C(=O)NC2=O)c2ccccc21. The lowest BCUT2D eigenvalue weighted by Crippen LogP contribution is -2.22. The molecular weight excluding hydrogens is 568 g/mol. The second-order valence-corrected chi connectivity index (χ2v) is 18.1. The van der Waals surface area contributed by atoms with Crippen molar-refractivity contribution in [1.29, 1.82) is 0 Å². The predicted molar refractivity (Wildman–Crippen MR) is 178 cm³/mol. The van der Waals surface area contributed by atoms with Gasteiger partial charge in [-0.25, -0.2) is 0 Å². The first-order chi connectivity index (χ1) is 21.1. The average Bonchev–Trinajstić information content (AvgIpc) is 3.62. The molecule has 0 fully saturated rings. The number of para-hydroxylation sites is 2. The minimum absolute atomic E-state index is 0.172. The number of nitrogens with zero attached hydrogens (tertiary/aromatic N) is 2. The minimum Gasteiger partial charge on any atom is -0.467 e. The largest absolute Gasteiger partial charge is 0.467 e. The van der Waals surface area contributed by atoms with Gasteiger partial charge >= 0.3 is 0 Å². The van der Waals surface area contributed by atoms with Crippen LogP contribution in [-0.4, -0.2) is 42.4 Å². The summed E-state index contributed by atoms with van der Waals surface area (Å²) in [7, 11) is 0.763. The van der Waals surface area contributed by atoms with Crippen LogP contribution < -0.4 is 15.8 Å². The molecule has 226 valence electrons.